The molecule has 1 fully saturated rings. The van der Waals surface area contributed by atoms with Gasteiger partial charge >= 0.3 is 5.97 Å². The second-order valence-electron chi connectivity index (χ2n) is 5.51. The minimum absolute atomic E-state index is 0.00260. The molecule has 1 aromatic rings. The zero-order valence-electron chi connectivity index (χ0n) is 11.8. The van der Waals surface area contributed by atoms with Gasteiger partial charge in [-0.2, -0.15) is 12.6 Å². The molecule has 5 nitrogen and oxygen atoms in total. The van der Waals surface area contributed by atoms with E-state index in [4.69, 9.17) is 0 Å². The van der Waals surface area contributed by atoms with Crippen molar-refractivity contribution in [1.82, 2.24) is 4.90 Å². The average molecular weight is 309 g/mol. The van der Waals surface area contributed by atoms with Crippen LogP contribution in [0, 0.1) is 5.92 Å². The molecular weight excluding hydrogens is 290 g/mol. The fourth-order valence-electron chi connectivity index (χ4n) is 2.66. The van der Waals surface area contributed by atoms with Gasteiger partial charge in [0.1, 0.15) is 11.6 Å². The van der Waals surface area contributed by atoms with Crippen LogP contribution in [0.5, 0.6) is 0 Å². The van der Waals surface area contributed by atoms with Crippen LogP contribution in [0.1, 0.15) is 18.9 Å². The molecule has 0 aliphatic carbocycles. The number of likely N-dealkylation sites (tertiary alicyclic amines) is 1. The van der Waals surface area contributed by atoms with Crippen molar-refractivity contribution < 1.29 is 19.8 Å². The minimum atomic E-state index is -1.32. The second kappa shape index (κ2) is 6.07. The molecule has 0 bridgehead atoms. The molecule has 3 atom stereocenters. The number of carbonyl (C=O) groups is 2. The molecule has 114 valence electrons. The van der Waals surface area contributed by atoms with Crippen molar-refractivity contribution in [1.29, 1.82) is 0 Å². The molecule has 0 radical (unpaired) electrons. The largest absolute Gasteiger partial charge is 0.480 e. The van der Waals surface area contributed by atoms with Gasteiger partial charge in [-0.3, -0.25) is 4.79 Å². The first-order valence-electron chi connectivity index (χ1n) is 6.81. The molecule has 1 heterocycles. The summed E-state index contributed by atoms with van der Waals surface area (Å²) in [6.45, 7) is 1.69. The van der Waals surface area contributed by atoms with Crippen molar-refractivity contribution in [2.24, 2.45) is 5.92 Å². The van der Waals surface area contributed by atoms with Gasteiger partial charge in [-0.15, -0.1) is 0 Å². The van der Waals surface area contributed by atoms with Crippen LogP contribution in [0.15, 0.2) is 30.3 Å². The summed E-state index contributed by atoms with van der Waals surface area (Å²) < 4.78 is 0. The highest BCUT2D eigenvalue weighted by Crippen LogP contribution is 2.36. The Hall–Kier alpha value is -1.53. The van der Waals surface area contributed by atoms with Crippen LogP contribution in [0.2, 0.25) is 0 Å². The molecule has 1 aliphatic rings. The number of hydrogen-bond acceptors (Lipinski definition) is 4. The standard InChI is InChI=1S/C15H19NO4S/c1-10(8-21)13(17)16-9-15(20,7-12(16)14(18)19)11-5-3-2-4-6-11/h2-6,10,12,20-21H,7-9H2,1H3,(H,18,19)/t10?,12-,15+/m0/s1. The van der Waals surface area contributed by atoms with E-state index in [1.165, 1.54) is 4.90 Å². The number of thiol groups is 1. The number of nitrogens with zero attached hydrogens (tertiary/aromatic N) is 1. The van der Waals surface area contributed by atoms with E-state index < -0.39 is 17.6 Å². The first kappa shape index (κ1) is 15.9. The lowest BCUT2D eigenvalue weighted by atomic mass is 9.91. The Bertz CT molecular complexity index is 536. The van der Waals surface area contributed by atoms with Gasteiger partial charge < -0.3 is 15.1 Å². The van der Waals surface area contributed by atoms with Crippen molar-refractivity contribution in [3.05, 3.63) is 35.9 Å². The summed E-state index contributed by atoms with van der Waals surface area (Å²) in [6.07, 6.45) is -0.00260. The van der Waals surface area contributed by atoms with E-state index in [0.29, 0.717) is 11.3 Å². The highest BCUT2D eigenvalue weighted by molar-refractivity contribution is 7.80. The smallest absolute Gasteiger partial charge is 0.326 e. The van der Waals surface area contributed by atoms with Gasteiger partial charge in [0, 0.05) is 18.1 Å². The van der Waals surface area contributed by atoms with Crippen LogP contribution < -0.4 is 0 Å². The Balaban J connectivity index is 2.31. The highest BCUT2D eigenvalue weighted by atomic mass is 32.1. The normalized spacial score (nSPS) is 26.6. The molecular formula is C15H19NO4S. The van der Waals surface area contributed by atoms with Gasteiger partial charge in [-0.05, 0) is 5.56 Å². The van der Waals surface area contributed by atoms with Crippen LogP contribution >= 0.6 is 12.6 Å². The highest BCUT2D eigenvalue weighted by Gasteiger charge is 2.49. The lowest BCUT2D eigenvalue weighted by Crippen LogP contribution is -2.44. The van der Waals surface area contributed by atoms with Gasteiger partial charge in [-0.25, -0.2) is 4.79 Å². The molecule has 1 aliphatic heterocycles. The monoisotopic (exact) mass is 309 g/mol. The topological polar surface area (TPSA) is 77.8 Å². The Morgan fingerprint density at radius 1 is 1.43 bits per heavy atom. The average Bonchev–Trinajstić information content (AvgIpc) is 2.86. The first-order valence-corrected chi connectivity index (χ1v) is 7.44. The van der Waals surface area contributed by atoms with Gasteiger partial charge in [-0.1, -0.05) is 37.3 Å². The maximum Gasteiger partial charge on any atom is 0.326 e. The molecule has 1 amide bonds. The molecule has 1 aromatic carbocycles. The number of β-amino-alcohol motifs (C(OH)–C–C–N with tert-alkyl or cyclic N) is 1. The number of amides is 1. The quantitative estimate of drug-likeness (QED) is 0.729. The van der Waals surface area contributed by atoms with Crippen LogP contribution in [-0.4, -0.2) is 45.3 Å². The van der Waals surface area contributed by atoms with Crippen molar-refractivity contribution in [2.45, 2.75) is 25.0 Å². The van der Waals surface area contributed by atoms with Crippen molar-refractivity contribution >= 4 is 24.5 Å². The maximum absolute atomic E-state index is 12.3. The zero-order valence-corrected chi connectivity index (χ0v) is 12.7. The van der Waals surface area contributed by atoms with E-state index in [2.05, 4.69) is 12.6 Å². The molecule has 0 aromatic heterocycles. The molecule has 21 heavy (non-hydrogen) atoms. The van der Waals surface area contributed by atoms with E-state index in [0.717, 1.165) is 0 Å². The van der Waals surface area contributed by atoms with Crippen molar-refractivity contribution in [3.8, 4) is 0 Å². The predicted molar refractivity (Wildman–Crippen MR) is 81.1 cm³/mol. The summed E-state index contributed by atoms with van der Waals surface area (Å²) in [5.41, 5.74) is -0.693. The van der Waals surface area contributed by atoms with Crippen LogP contribution in [0.25, 0.3) is 0 Å². The molecule has 0 spiro atoms. The second-order valence-corrected chi connectivity index (χ2v) is 5.87. The van der Waals surface area contributed by atoms with Crippen LogP contribution in [0.3, 0.4) is 0 Å². The van der Waals surface area contributed by atoms with Crippen molar-refractivity contribution in [2.75, 3.05) is 12.3 Å². The zero-order chi connectivity index (χ0) is 15.6. The summed E-state index contributed by atoms with van der Waals surface area (Å²) in [6, 6.07) is 7.87. The third-order valence-electron chi connectivity index (χ3n) is 3.91. The number of carboxylic acids is 1. The minimum Gasteiger partial charge on any atom is -0.480 e. The molecule has 1 unspecified atom stereocenters. The number of rotatable bonds is 4. The number of aliphatic hydroxyl groups is 1. The number of carboxylic acid groups (broad SMARTS) is 1. The van der Waals surface area contributed by atoms with Crippen LogP contribution in [-0.2, 0) is 15.2 Å². The third kappa shape index (κ3) is 3.06. The lowest BCUT2D eigenvalue weighted by molar-refractivity contribution is -0.149. The SMILES string of the molecule is CC(CS)C(=O)N1C[C@@](O)(c2ccccc2)C[C@H]1C(=O)O. The Kier molecular flexibility index (Phi) is 4.58. The van der Waals surface area contributed by atoms with Gasteiger partial charge in [0.2, 0.25) is 5.91 Å². The number of carbonyl (C=O) groups excluding carboxylic acids is 1. The van der Waals surface area contributed by atoms with Gasteiger partial charge in [0.25, 0.3) is 0 Å². The number of hydrogen-bond donors (Lipinski definition) is 3. The first-order chi connectivity index (χ1) is 9.89. The Labute approximate surface area is 129 Å². The molecule has 1 saturated heterocycles. The van der Waals surface area contributed by atoms with Gasteiger partial charge in [0.05, 0.1) is 6.54 Å². The fourth-order valence-corrected chi connectivity index (χ4v) is 2.81. The number of aliphatic carboxylic acids is 1. The van der Waals surface area contributed by atoms with Gasteiger partial charge in [0.15, 0.2) is 0 Å². The Morgan fingerprint density at radius 2 is 2.05 bits per heavy atom. The molecule has 2 N–H and O–H groups in total. The van der Waals surface area contributed by atoms with Crippen LogP contribution in [0.4, 0.5) is 0 Å². The molecule has 2 rings (SSSR count). The predicted octanol–water partition coefficient (Wildman–Crippen LogP) is 1.13. The number of benzene rings is 1. The summed E-state index contributed by atoms with van der Waals surface area (Å²) in [4.78, 5) is 25.0. The van der Waals surface area contributed by atoms with E-state index in [-0.39, 0.29) is 24.8 Å². The summed E-state index contributed by atoms with van der Waals surface area (Å²) >= 11 is 4.08. The van der Waals surface area contributed by atoms with E-state index in [9.17, 15) is 19.8 Å². The van der Waals surface area contributed by atoms with Crippen molar-refractivity contribution in [3.63, 3.8) is 0 Å². The fraction of sp³-hybridized carbons (Fsp3) is 0.467. The Morgan fingerprint density at radius 3 is 2.57 bits per heavy atom. The van der Waals surface area contributed by atoms with E-state index >= 15 is 0 Å². The third-order valence-corrected chi connectivity index (χ3v) is 4.46. The molecule has 6 heteroatoms. The summed E-state index contributed by atoms with van der Waals surface area (Å²) in [5.74, 6) is -1.43. The summed E-state index contributed by atoms with van der Waals surface area (Å²) in [7, 11) is 0. The van der Waals surface area contributed by atoms with E-state index in [1.807, 2.05) is 6.07 Å². The molecule has 0 saturated carbocycles. The summed E-state index contributed by atoms with van der Waals surface area (Å²) in [5, 5.41) is 20.1. The maximum atomic E-state index is 12.3. The lowest BCUT2D eigenvalue weighted by Gasteiger charge is -2.26. The van der Waals surface area contributed by atoms with E-state index in [1.54, 1.807) is 31.2 Å².